The highest BCUT2D eigenvalue weighted by atomic mass is 79.9. The maximum Gasteiger partial charge on any atom is 0.159 e. The lowest BCUT2D eigenvalue weighted by atomic mass is 9.71. The quantitative estimate of drug-likeness (QED) is 0.606. The lowest BCUT2D eigenvalue weighted by Gasteiger charge is -2.37. The number of hydrogen-bond donors (Lipinski definition) is 0. The summed E-state index contributed by atoms with van der Waals surface area (Å²) in [5, 5.41) is 0. The van der Waals surface area contributed by atoms with Crippen LogP contribution in [0.25, 0.3) is 0 Å². The molecule has 0 heterocycles. The van der Waals surface area contributed by atoms with Crippen molar-refractivity contribution in [2.24, 2.45) is 5.41 Å². The minimum Gasteiger partial charge on any atom is -0.295 e. The molecule has 14 heavy (non-hydrogen) atoms. The molecule has 1 saturated carbocycles. The van der Waals surface area contributed by atoms with Crippen LogP contribution in [0, 0.1) is 5.41 Å². The minimum absolute atomic E-state index is 0.251. The molecule has 1 fully saturated rings. The Bertz CT molecular complexity index is 336. The molecule has 0 aliphatic heterocycles. The Balaban J connectivity index is 2.33. The second kappa shape index (κ2) is 3.34. The number of hydrogen-bond acceptors (Lipinski definition) is 1. The molecule has 0 spiro atoms. The van der Waals surface area contributed by atoms with Gasteiger partial charge in [-0.3, -0.25) is 4.79 Å². The van der Waals surface area contributed by atoms with Crippen molar-refractivity contribution in [1.82, 2.24) is 0 Å². The molecule has 0 N–H and O–H groups in total. The van der Waals surface area contributed by atoms with Crippen molar-refractivity contribution in [2.45, 2.75) is 37.9 Å². The molecular weight excluding hydrogens is 240 g/mol. The number of ketones is 1. The largest absolute Gasteiger partial charge is 0.295 e. The van der Waals surface area contributed by atoms with Crippen LogP contribution in [0.3, 0.4) is 0 Å². The van der Waals surface area contributed by atoms with Crippen LogP contribution in [-0.2, 0) is 4.79 Å². The normalized spacial score (nSPS) is 30.5. The molecule has 0 aromatic rings. The molecule has 0 amide bonds. The van der Waals surface area contributed by atoms with Gasteiger partial charge in [0.25, 0.3) is 0 Å². The van der Waals surface area contributed by atoms with E-state index in [9.17, 15) is 4.79 Å². The van der Waals surface area contributed by atoms with Crippen molar-refractivity contribution >= 4 is 21.7 Å². The molecule has 2 aliphatic rings. The van der Waals surface area contributed by atoms with E-state index in [0.717, 1.165) is 12.8 Å². The molecule has 0 aromatic carbocycles. The predicted octanol–water partition coefficient (Wildman–Crippen LogP) is 3.40. The Labute approximate surface area is 93.4 Å². The molecule has 2 aliphatic carbocycles. The van der Waals surface area contributed by atoms with Gasteiger partial charge in [-0.15, -0.1) is 0 Å². The fourth-order valence-electron chi connectivity index (χ4n) is 2.34. The van der Waals surface area contributed by atoms with Gasteiger partial charge in [0, 0.05) is 11.2 Å². The molecule has 2 heteroatoms. The van der Waals surface area contributed by atoms with Gasteiger partial charge in [-0.2, -0.15) is 0 Å². The summed E-state index contributed by atoms with van der Waals surface area (Å²) in [5.74, 6) is 0.251. The van der Waals surface area contributed by atoms with Crippen molar-refractivity contribution in [3.05, 3.63) is 23.3 Å². The highest BCUT2D eigenvalue weighted by Crippen LogP contribution is 2.45. The maximum absolute atomic E-state index is 11.3. The van der Waals surface area contributed by atoms with Crippen LogP contribution in [-0.4, -0.2) is 10.6 Å². The first-order valence-corrected chi connectivity index (χ1v) is 5.97. The van der Waals surface area contributed by atoms with Gasteiger partial charge in [0.2, 0.25) is 0 Å². The average molecular weight is 255 g/mol. The van der Waals surface area contributed by atoms with Crippen molar-refractivity contribution in [2.75, 3.05) is 0 Å². The van der Waals surface area contributed by atoms with Gasteiger partial charge >= 0.3 is 0 Å². The second-order valence-electron chi connectivity index (χ2n) is 5.01. The number of allylic oxidation sites excluding steroid dienone is 4. The molecule has 1 nitrogen and oxygen atoms in total. The summed E-state index contributed by atoms with van der Waals surface area (Å²) in [5.41, 5.74) is 2.91. The van der Waals surface area contributed by atoms with Gasteiger partial charge in [-0.05, 0) is 35.5 Å². The summed E-state index contributed by atoms with van der Waals surface area (Å²) in [6.45, 7) is 4.52. The van der Waals surface area contributed by atoms with Crippen LogP contribution < -0.4 is 0 Å². The van der Waals surface area contributed by atoms with Gasteiger partial charge < -0.3 is 0 Å². The van der Waals surface area contributed by atoms with Gasteiger partial charge in [0.15, 0.2) is 5.78 Å². The summed E-state index contributed by atoms with van der Waals surface area (Å²) in [6.07, 6.45) is 6.70. The zero-order valence-corrected chi connectivity index (χ0v) is 10.2. The molecular formula is C12H15BrO. The fourth-order valence-corrected chi connectivity index (χ4v) is 3.70. The first kappa shape index (κ1) is 10.2. The van der Waals surface area contributed by atoms with Crippen molar-refractivity contribution in [1.29, 1.82) is 0 Å². The minimum atomic E-state index is 0.251. The highest BCUT2D eigenvalue weighted by Gasteiger charge is 2.34. The van der Waals surface area contributed by atoms with Crippen LogP contribution in [0.2, 0.25) is 0 Å². The molecule has 0 radical (unpaired) electrons. The second-order valence-corrected chi connectivity index (χ2v) is 6.12. The average Bonchev–Trinajstić information content (AvgIpc) is 2.00. The van der Waals surface area contributed by atoms with Crippen LogP contribution in [0.5, 0.6) is 0 Å². The standard InChI is InChI=1S/C12H15BrO/c1-12(2)6-8-5-9(14)3-4-10(8)11(13)7-12/h4-5,11H,3,6-7H2,1-2H3. The van der Waals surface area contributed by atoms with E-state index < -0.39 is 0 Å². The molecule has 0 aromatic heterocycles. The van der Waals surface area contributed by atoms with Gasteiger partial charge in [0.1, 0.15) is 0 Å². The summed E-state index contributed by atoms with van der Waals surface area (Å²) in [7, 11) is 0. The summed E-state index contributed by atoms with van der Waals surface area (Å²) in [4.78, 5) is 11.7. The predicted molar refractivity (Wildman–Crippen MR) is 61.5 cm³/mol. The molecule has 0 saturated heterocycles. The van der Waals surface area contributed by atoms with Gasteiger partial charge in [-0.25, -0.2) is 0 Å². The number of rotatable bonds is 0. The summed E-state index contributed by atoms with van der Waals surface area (Å²) >= 11 is 3.71. The molecule has 76 valence electrons. The fraction of sp³-hybridized carbons (Fsp3) is 0.583. The Hall–Kier alpha value is -0.370. The van der Waals surface area contributed by atoms with Crippen LogP contribution in [0.15, 0.2) is 23.3 Å². The highest BCUT2D eigenvalue weighted by molar-refractivity contribution is 9.09. The van der Waals surface area contributed by atoms with Crippen molar-refractivity contribution in [3.8, 4) is 0 Å². The lowest BCUT2D eigenvalue weighted by Crippen LogP contribution is -2.28. The lowest BCUT2D eigenvalue weighted by molar-refractivity contribution is -0.114. The van der Waals surface area contributed by atoms with E-state index in [4.69, 9.17) is 0 Å². The first-order chi connectivity index (χ1) is 6.48. The zero-order valence-electron chi connectivity index (χ0n) is 8.64. The third-order valence-corrected chi connectivity index (χ3v) is 3.78. The number of halogens is 1. The zero-order chi connectivity index (χ0) is 10.3. The number of fused-ring (bicyclic) bond motifs is 1. The van der Waals surface area contributed by atoms with E-state index in [1.54, 1.807) is 0 Å². The van der Waals surface area contributed by atoms with E-state index >= 15 is 0 Å². The third-order valence-electron chi connectivity index (χ3n) is 2.97. The Morgan fingerprint density at radius 2 is 2.21 bits per heavy atom. The first-order valence-electron chi connectivity index (χ1n) is 5.06. The topological polar surface area (TPSA) is 17.1 Å². The third kappa shape index (κ3) is 1.85. The molecule has 0 bridgehead atoms. The molecule has 2 rings (SSSR count). The van der Waals surface area contributed by atoms with Gasteiger partial charge in [-0.1, -0.05) is 35.9 Å². The maximum atomic E-state index is 11.3. The Kier molecular flexibility index (Phi) is 2.42. The van der Waals surface area contributed by atoms with E-state index in [2.05, 4.69) is 35.9 Å². The number of alkyl halides is 1. The smallest absolute Gasteiger partial charge is 0.159 e. The van der Waals surface area contributed by atoms with E-state index in [1.807, 2.05) is 6.08 Å². The van der Waals surface area contributed by atoms with E-state index in [0.29, 0.717) is 16.7 Å². The molecule has 1 atom stereocenters. The molecule has 1 unspecified atom stereocenters. The van der Waals surface area contributed by atoms with E-state index in [1.165, 1.54) is 11.1 Å². The summed E-state index contributed by atoms with van der Waals surface area (Å²) in [6, 6.07) is 0. The van der Waals surface area contributed by atoms with Crippen molar-refractivity contribution < 1.29 is 4.79 Å². The van der Waals surface area contributed by atoms with Gasteiger partial charge in [0.05, 0.1) is 0 Å². The van der Waals surface area contributed by atoms with Crippen LogP contribution >= 0.6 is 15.9 Å². The number of carbonyl (C=O) groups is 1. The van der Waals surface area contributed by atoms with E-state index in [-0.39, 0.29) is 5.78 Å². The SMILES string of the molecule is CC1(C)CC2=CC(=O)CC=C2C(Br)C1. The monoisotopic (exact) mass is 254 g/mol. The summed E-state index contributed by atoms with van der Waals surface area (Å²) < 4.78 is 0. The number of carbonyl (C=O) groups excluding carboxylic acids is 1. The Morgan fingerprint density at radius 3 is 2.93 bits per heavy atom. The van der Waals surface area contributed by atoms with Crippen LogP contribution in [0.1, 0.15) is 33.1 Å². The van der Waals surface area contributed by atoms with Crippen molar-refractivity contribution in [3.63, 3.8) is 0 Å². The van der Waals surface area contributed by atoms with Crippen LogP contribution in [0.4, 0.5) is 0 Å². The Morgan fingerprint density at radius 1 is 1.50 bits per heavy atom.